The summed E-state index contributed by atoms with van der Waals surface area (Å²) in [5, 5.41) is 22.3. The summed E-state index contributed by atoms with van der Waals surface area (Å²) in [4.78, 5) is 37.0. The Morgan fingerprint density at radius 1 is 1.22 bits per heavy atom. The summed E-state index contributed by atoms with van der Waals surface area (Å²) in [5.41, 5.74) is 0.352. The van der Waals surface area contributed by atoms with Gasteiger partial charge in [-0.05, 0) is 67.3 Å². The predicted octanol–water partition coefficient (Wildman–Crippen LogP) is 6.85. The number of allylic oxidation sites excluding steroid dienone is 2. The number of carbonyl (C=O) groups excluding carboxylic acids is 1. The number of amides is 1. The van der Waals surface area contributed by atoms with Gasteiger partial charge in [-0.2, -0.15) is 0 Å². The lowest BCUT2D eigenvalue weighted by Crippen LogP contribution is -2.16. The number of unbranched alkanes of at least 4 members (excludes halogenated alkanes) is 1. The van der Waals surface area contributed by atoms with Crippen molar-refractivity contribution < 1.29 is 24.2 Å². The van der Waals surface area contributed by atoms with E-state index in [4.69, 9.17) is 9.52 Å². The second-order valence-electron chi connectivity index (χ2n) is 8.81. The van der Waals surface area contributed by atoms with E-state index in [1.165, 1.54) is 17.8 Å². The van der Waals surface area contributed by atoms with Crippen molar-refractivity contribution in [3.63, 3.8) is 0 Å². The Labute approximate surface area is 213 Å². The predicted molar refractivity (Wildman–Crippen MR) is 143 cm³/mol. The lowest BCUT2D eigenvalue weighted by molar-refractivity contribution is 0.102. The minimum Gasteiger partial charge on any atom is -0.507 e. The van der Waals surface area contributed by atoms with Gasteiger partial charge < -0.3 is 14.6 Å². The minimum atomic E-state index is -1.15. The van der Waals surface area contributed by atoms with E-state index < -0.39 is 23.3 Å². The molecule has 8 heteroatoms. The maximum Gasteiger partial charge on any atom is 0.408 e. The molecule has 0 saturated heterocycles. The summed E-state index contributed by atoms with van der Waals surface area (Å²) < 4.78 is 6.49. The van der Waals surface area contributed by atoms with Crippen molar-refractivity contribution in [1.82, 2.24) is 5.32 Å². The average molecular weight is 510 g/mol. The summed E-state index contributed by atoms with van der Waals surface area (Å²) in [6.07, 6.45) is 7.95. The zero-order valence-electron chi connectivity index (χ0n) is 20.7. The van der Waals surface area contributed by atoms with Crippen LogP contribution in [0.15, 0.2) is 57.4 Å². The van der Waals surface area contributed by atoms with Crippen molar-refractivity contribution in [2.24, 2.45) is 0 Å². The summed E-state index contributed by atoms with van der Waals surface area (Å²) in [6.45, 7) is 5.60. The molecule has 36 heavy (non-hydrogen) atoms. The van der Waals surface area contributed by atoms with E-state index in [9.17, 15) is 19.5 Å². The quantitative estimate of drug-likeness (QED) is 0.192. The second-order valence-corrected chi connectivity index (χ2v) is 9.92. The van der Waals surface area contributed by atoms with Gasteiger partial charge in [-0.1, -0.05) is 38.5 Å². The number of rotatable bonds is 11. The number of benzene rings is 1. The fraction of sp³-hybridized carbons (Fsp3) is 0.321. The van der Waals surface area contributed by atoms with Crippen LogP contribution in [-0.4, -0.2) is 22.1 Å². The average Bonchev–Trinajstić information content (AvgIpc) is 3.22. The van der Waals surface area contributed by atoms with Crippen molar-refractivity contribution >= 4 is 39.4 Å². The van der Waals surface area contributed by atoms with E-state index in [-0.39, 0.29) is 17.2 Å². The van der Waals surface area contributed by atoms with Gasteiger partial charge in [-0.25, -0.2) is 9.59 Å². The van der Waals surface area contributed by atoms with Crippen LogP contribution in [0.25, 0.3) is 16.2 Å². The lowest BCUT2D eigenvalue weighted by Gasteiger charge is -2.11. The molecule has 2 heterocycles. The first-order valence-electron chi connectivity index (χ1n) is 12.0. The van der Waals surface area contributed by atoms with Crippen molar-refractivity contribution in [3.05, 3.63) is 80.4 Å². The van der Waals surface area contributed by atoms with Gasteiger partial charge in [-0.3, -0.25) is 10.1 Å². The zero-order chi connectivity index (χ0) is 26.2. The minimum absolute atomic E-state index is 0.223. The number of carboxylic acid groups (broad SMARTS) is 1. The highest BCUT2D eigenvalue weighted by Crippen LogP contribution is 2.30. The van der Waals surface area contributed by atoms with Crippen LogP contribution in [0.4, 0.5) is 4.79 Å². The summed E-state index contributed by atoms with van der Waals surface area (Å²) in [7, 11) is 0. The Bertz CT molecular complexity index is 1360. The van der Waals surface area contributed by atoms with Crippen LogP contribution in [0, 0.1) is 0 Å². The second kappa shape index (κ2) is 12.4. The van der Waals surface area contributed by atoms with Gasteiger partial charge in [0.15, 0.2) is 5.78 Å². The Hall–Kier alpha value is -3.65. The molecule has 1 unspecified atom stereocenters. The van der Waals surface area contributed by atoms with Crippen LogP contribution in [0.3, 0.4) is 0 Å². The highest BCUT2D eigenvalue weighted by Gasteiger charge is 2.22. The van der Waals surface area contributed by atoms with Crippen LogP contribution >= 0.6 is 11.3 Å². The van der Waals surface area contributed by atoms with Crippen molar-refractivity contribution in [1.29, 1.82) is 0 Å². The molecule has 0 radical (unpaired) electrons. The SMILES string of the molecule is CCCCc1ccc2sc(/C=C(\C)C(=O)c3c(O)cc(C(C)CC/C=C/NC(=O)O)oc3=O)cc2c1. The molecule has 0 spiro atoms. The molecule has 1 amide bonds. The van der Waals surface area contributed by atoms with Crippen LogP contribution in [0.1, 0.15) is 78.9 Å². The standard InChI is InChI=1S/C28H31NO6S/c1-4-5-9-19-10-11-24-20(14-19)15-21(36-24)13-18(3)26(31)25-22(30)16-23(35-27(25)32)17(2)8-6-7-12-29-28(33)34/h7,10-17,29-30H,4-6,8-9H2,1-3H3,(H,33,34)/b12-7+,18-13+. The van der Waals surface area contributed by atoms with Gasteiger partial charge in [0.25, 0.3) is 0 Å². The third-order valence-corrected chi connectivity index (χ3v) is 6.95. The van der Waals surface area contributed by atoms with Crippen molar-refractivity contribution in [2.75, 3.05) is 0 Å². The first kappa shape index (κ1) is 26.9. The van der Waals surface area contributed by atoms with Gasteiger partial charge >= 0.3 is 11.7 Å². The molecule has 3 aromatic rings. The zero-order valence-corrected chi connectivity index (χ0v) is 21.5. The number of ketones is 1. The molecule has 1 atom stereocenters. The number of Topliss-reactive ketones (excluding diaryl/α,β-unsaturated/α-hetero) is 1. The molecule has 0 bridgehead atoms. The molecule has 3 N–H and O–H groups in total. The molecule has 190 valence electrons. The molecule has 0 saturated carbocycles. The Morgan fingerprint density at radius 2 is 2.00 bits per heavy atom. The summed E-state index contributed by atoms with van der Waals surface area (Å²) in [6, 6.07) is 9.74. The molecule has 0 aliphatic carbocycles. The number of fused-ring (bicyclic) bond motifs is 1. The van der Waals surface area contributed by atoms with Gasteiger partial charge in [0.05, 0.1) is 0 Å². The normalized spacial score (nSPS) is 12.8. The third kappa shape index (κ3) is 6.95. The molecule has 1 aromatic carbocycles. The monoisotopic (exact) mass is 509 g/mol. The van der Waals surface area contributed by atoms with Crippen LogP contribution in [-0.2, 0) is 6.42 Å². The number of nitrogens with one attached hydrogen (secondary N) is 1. The van der Waals surface area contributed by atoms with E-state index in [2.05, 4.69) is 30.4 Å². The fourth-order valence-corrected chi connectivity index (χ4v) is 4.90. The van der Waals surface area contributed by atoms with Gasteiger partial charge in [0.2, 0.25) is 0 Å². The van der Waals surface area contributed by atoms with Gasteiger partial charge in [0, 0.05) is 27.8 Å². The molecule has 0 fully saturated rings. The van der Waals surface area contributed by atoms with E-state index >= 15 is 0 Å². The van der Waals surface area contributed by atoms with Crippen molar-refractivity contribution in [2.45, 2.75) is 58.8 Å². The highest BCUT2D eigenvalue weighted by molar-refractivity contribution is 7.19. The van der Waals surface area contributed by atoms with Crippen LogP contribution < -0.4 is 10.9 Å². The summed E-state index contributed by atoms with van der Waals surface area (Å²) in [5.74, 6) is -0.951. The van der Waals surface area contributed by atoms with E-state index in [1.807, 2.05) is 13.0 Å². The Kier molecular flexibility index (Phi) is 9.25. The first-order chi connectivity index (χ1) is 17.2. The first-order valence-corrected chi connectivity index (χ1v) is 12.8. The van der Waals surface area contributed by atoms with Gasteiger partial charge in [-0.15, -0.1) is 11.3 Å². The van der Waals surface area contributed by atoms with E-state index in [1.54, 1.807) is 30.4 Å². The largest absolute Gasteiger partial charge is 0.507 e. The molecule has 0 aliphatic rings. The number of hydrogen-bond acceptors (Lipinski definition) is 6. The molecule has 3 rings (SSSR count). The number of aryl methyl sites for hydroxylation is 1. The van der Waals surface area contributed by atoms with Crippen molar-refractivity contribution in [3.8, 4) is 5.75 Å². The Morgan fingerprint density at radius 3 is 2.69 bits per heavy atom. The van der Waals surface area contributed by atoms with Crippen LogP contribution in [0.5, 0.6) is 5.75 Å². The molecular formula is C28H31NO6S. The topological polar surface area (TPSA) is 117 Å². The smallest absolute Gasteiger partial charge is 0.408 e. The number of hydrogen-bond donors (Lipinski definition) is 3. The number of carbonyl (C=O) groups is 2. The molecule has 0 aliphatic heterocycles. The molecule has 7 nitrogen and oxygen atoms in total. The fourth-order valence-electron chi connectivity index (χ4n) is 3.85. The lowest BCUT2D eigenvalue weighted by atomic mass is 10.00. The maximum atomic E-state index is 13.0. The molecule has 2 aromatic heterocycles. The number of thiophene rings is 1. The number of aromatic hydroxyl groups is 1. The highest BCUT2D eigenvalue weighted by atomic mass is 32.1. The Balaban J connectivity index is 1.75. The van der Waals surface area contributed by atoms with E-state index in [0.717, 1.165) is 34.2 Å². The summed E-state index contributed by atoms with van der Waals surface area (Å²) >= 11 is 1.56. The molecular weight excluding hydrogens is 478 g/mol. The van der Waals surface area contributed by atoms with Gasteiger partial charge in [0.1, 0.15) is 17.1 Å². The van der Waals surface area contributed by atoms with E-state index in [0.29, 0.717) is 18.4 Å². The maximum absolute atomic E-state index is 13.0. The third-order valence-electron chi connectivity index (χ3n) is 5.89. The van der Waals surface area contributed by atoms with Crippen LogP contribution in [0.2, 0.25) is 0 Å².